The fraction of sp³-hybridized carbons (Fsp3) is 0.458. The molecule has 8 heteroatoms. The Kier molecular flexibility index (Phi) is 5.90. The Morgan fingerprint density at radius 1 is 1.16 bits per heavy atom. The lowest BCUT2D eigenvalue weighted by molar-refractivity contribution is -0.126. The van der Waals surface area contributed by atoms with Crippen molar-refractivity contribution in [2.45, 2.75) is 39.2 Å². The van der Waals surface area contributed by atoms with E-state index >= 15 is 0 Å². The maximum atomic E-state index is 12.7. The third kappa shape index (κ3) is 4.13. The first kappa shape index (κ1) is 21.4. The van der Waals surface area contributed by atoms with Gasteiger partial charge in [-0.05, 0) is 84.4 Å². The van der Waals surface area contributed by atoms with Crippen LogP contribution in [0.2, 0.25) is 0 Å². The Balaban J connectivity index is 1.42. The summed E-state index contributed by atoms with van der Waals surface area (Å²) in [5.74, 6) is 1.94. The Bertz CT molecular complexity index is 1130. The number of carbonyl (C=O) groups is 1. The number of piperidine rings is 1. The number of nitrogens with zero attached hydrogens (tertiary/aromatic N) is 4. The third-order valence-electron chi connectivity index (χ3n) is 6.62. The summed E-state index contributed by atoms with van der Waals surface area (Å²) < 4.78 is 8.47. The summed E-state index contributed by atoms with van der Waals surface area (Å²) in [6, 6.07) is 8.51. The Labute approximate surface area is 196 Å². The second-order valence-corrected chi connectivity index (χ2v) is 9.75. The average molecular weight is 498 g/mol. The van der Waals surface area contributed by atoms with E-state index < -0.39 is 0 Å². The minimum Gasteiger partial charge on any atom is -0.379 e. The van der Waals surface area contributed by atoms with Crippen LogP contribution in [-0.4, -0.2) is 52.8 Å². The van der Waals surface area contributed by atoms with Gasteiger partial charge in [0, 0.05) is 36.3 Å². The Morgan fingerprint density at radius 3 is 2.62 bits per heavy atom. The number of benzene rings is 1. The molecule has 2 aliphatic rings. The normalized spacial score (nSPS) is 19.6. The molecule has 0 spiro atoms. The number of imidazole rings is 1. The summed E-state index contributed by atoms with van der Waals surface area (Å²) in [7, 11) is 0. The van der Waals surface area contributed by atoms with Crippen LogP contribution in [0.5, 0.6) is 0 Å². The van der Waals surface area contributed by atoms with E-state index in [0.717, 1.165) is 66.2 Å². The molecule has 2 saturated heterocycles. The van der Waals surface area contributed by atoms with Gasteiger partial charge in [-0.2, -0.15) is 0 Å². The second kappa shape index (κ2) is 8.83. The van der Waals surface area contributed by atoms with Crippen LogP contribution in [0.4, 0.5) is 5.95 Å². The van der Waals surface area contributed by atoms with E-state index in [1.807, 2.05) is 18.3 Å². The van der Waals surface area contributed by atoms with Crippen LogP contribution in [0.1, 0.15) is 30.4 Å². The van der Waals surface area contributed by atoms with Crippen LogP contribution in [0, 0.1) is 19.8 Å². The molecular formula is C24H28BrN5O2. The number of nitrogens with one attached hydrogen (secondary N) is 1. The molecule has 1 N–H and O–H groups in total. The summed E-state index contributed by atoms with van der Waals surface area (Å²) in [6.07, 6.45) is 4.35. The molecule has 32 heavy (non-hydrogen) atoms. The van der Waals surface area contributed by atoms with Crippen LogP contribution < -0.4 is 10.2 Å². The van der Waals surface area contributed by atoms with Gasteiger partial charge < -0.3 is 15.0 Å². The zero-order valence-corrected chi connectivity index (χ0v) is 20.1. The molecule has 1 amide bonds. The minimum atomic E-state index is 0.0416. The molecule has 7 nitrogen and oxygen atoms in total. The molecule has 0 aliphatic carbocycles. The van der Waals surface area contributed by atoms with Gasteiger partial charge in [0.15, 0.2) is 0 Å². The number of carbonyl (C=O) groups excluding carboxylic acids is 1. The first-order valence-corrected chi connectivity index (χ1v) is 12.0. The summed E-state index contributed by atoms with van der Waals surface area (Å²) in [6.45, 7) is 7.19. The van der Waals surface area contributed by atoms with Crippen molar-refractivity contribution in [3.63, 3.8) is 0 Å². The van der Waals surface area contributed by atoms with E-state index in [2.05, 4.69) is 61.7 Å². The summed E-state index contributed by atoms with van der Waals surface area (Å²) in [4.78, 5) is 24.7. The number of fused-ring (bicyclic) bond motifs is 1. The van der Waals surface area contributed by atoms with Crippen LogP contribution in [-0.2, 0) is 9.53 Å². The fourth-order valence-corrected chi connectivity index (χ4v) is 4.80. The molecule has 4 heterocycles. The number of amides is 1. The van der Waals surface area contributed by atoms with Crippen molar-refractivity contribution in [3.05, 3.63) is 46.1 Å². The maximum absolute atomic E-state index is 12.7. The highest BCUT2D eigenvalue weighted by Gasteiger charge is 2.30. The number of anilines is 1. The molecular weight excluding hydrogens is 470 g/mol. The van der Waals surface area contributed by atoms with Crippen molar-refractivity contribution in [3.8, 4) is 5.82 Å². The SMILES string of the molecule is Cc1cc2nc(N3CCC(C(=O)N[C@@H]4CCOC4)CC3)n(-c3ccc(Br)cn3)c2cc1C. The van der Waals surface area contributed by atoms with Gasteiger partial charge in [-0.3, -0.25) is 9.36 Å². The lowest BCUT2D eigenvalue weighted by Gasteiger charge is -2.32. The predicted molar refractivity (Wildman–Crippen MR) is 128 cm³/mol. The lowest BCUT2D eigenvalue weighted by Crippen LogP contribution is -2.44. The molecule has 0 unspecified atom stereocenters. The summed E-state index contributed by atoms with van der Waals surface area (Å²) in [5, 5.41) is 3.16. The highest BCUT2D eigenvalue weighted by atomic mass is 79.9. The van der Waals surface area contributed by atoms with Gasteiger partial charge in [0.25, 0.3) is 0 Å². The van der Waals surface area contributed by atoms with Crippen molar-refractivity contribution in [2.24, 2.45) is 5.92 Å². The number of hydrogen-bond acceptors (Lipinski definition) is 5. The van der Waals surface area contributed by atoms with E-state index in [9.17, 15) is 4.79 Å². The van der Waals surface area contributed by atoms with Crippen LogP contribution in [0.25, 0.3) is 16.9 Å². The topological polar surface area (TPSA) is 72.3 Å². The van der Waals surface area contributed by atoms with Gasteiger partial charge in [-0.15, -0.1) is 0 Å². The molecule has 0 radical (unpaired) electrons. The van der Waals surface area contributed by atoms with Crippen LogP contribution >= 0.6 is 15.9 Å². The number of hydrogen-bond donors (Lipinski definition) is 1. The molecule has 1 aromatic carbocycles. The fourth-order valence-electron chi connectivity index (χ4n) is 4.57. The van der Waals surface area contributed by atoms with Crippen molar-refractivity contribution in [2.75, 3.05) is 31.2 Å². The van der Waals surface area contributed by atoms with Crippen molar-refractivity contribution >= 4 is 38.8 Å². The largest absolute Gasteiger partial charge is 0.379 e. The lowest BCUT2D eigenvalue weighted by atomic mass is 9.95. The molecule has 168 valence electrons. The van der Waals surface area contributed by atoms with Crippen LogP contribution in [0.15, 0.2) is 34.9 Å². The molecule has 1 atom stereocenters. The van der Waals surface area contributed by atoms with Gasteiger partial charge in [0.1, 0.15) is 5.82 Å². The predicted octanol–water partition coefficient (Wildman–Crippen LogP) is 3.92. The maximum Gasteiger partial charge on any atom is 0.223 e. The standard InChI is InChI=1S/C24H28BrN5O2/c1-15-11-20-21(12-16(15)2)30(22-4-3-18(25)13-26-22)24(28-20)29-8-5-17(6-9-29)23(31)27-19-7-10-32-14-19/h3-4,11-13,17,19H,5-10,14H2,1-2H3,(H,27,31)/t19-/m1/s1. The van der Waals surface area contributed by atoms with Crippen molar-refractivity contribution < 1.29 is 9.53 Å². The van der Waals surface area contributed by atoms with E-state index in [1.165, 1.54) is 11.1 Å². The molecule has 2 fully saturated rings. The first-order valence-electron chi connectivity index (χ1n) is 11.2. The number of rotatable bonds is 4. The molecule has 3 aromatic rings. The Morgan fingerprint density at radius 2 is 1.94 bits per heavy atom. The number of aryl methyl sites for hydroxylation is 2. The van der Waals surface area contributed by atoms with Gasteiger partial charge in [-0.25, -0.2) is 9.97 Å². The molecule has 0 bridgehead atoms. The number of ether oxygens (including phenoxy) is 1. The number of aromatic nitrogens is 3. The van der Waals surface area contributed by atoms with Gasteiger partial charge in [0.2, 0.25) is 11.9 Å². The summed E-state index contributed by atoms with van der Waals surface area (Å²) >= 11 is 3.48. The number of halogens is 1. The third-order valence-corrected chi connectivity index (χ3v) is 7.09. The molecule has 2 aliphatic heterocycles. The van der Waals surface area contributed by atoms with E-state index in [1.54, 1.807) is 0 Å². The van der Waals surface area contributed by atoms with Crippen molar-refractivity contribution in [1.82, 2.24) is 19.9 Å². The van der Waals surface area contributed by atoms with Gasteiger partial charge >= 0.3 is 0 Å². The Hall–Kier alpha value is -2.45. The summed E-state index contributed by atoms with van der Waals surface area (Å²) in [5.41, 5.74) is 4.48. The second-order valence-electron chi connectivity index (χ2n) is 8.84. The zero-order valence-electron chi connectivity index (χ0n) is 18.5. The van der Waals surface area contributed by atoms with Gasteiger partial charge in [-0.1, -0.05) is 0 Å². The minimum absolute atomic E-state index is 0.0416. The monoisotopic (exact) mass is 497 g/mol. The van der Waals surface area contributed by atoms with E-state index in [4.69, 9.17) is 9.72 Å². The van der Waals surface area contributed by atoms with Gasteiger partial charge in [0.05, 0.1) is 23.7 Å². The highest BCUT2D eigenvalue weighted by molar-refractivity contribution is 9.10. The highest BCUT2D eigenvalue weighted by Crippen LogP contribution is 2.31. The number of pyridine rings is 1. The smallest absolute Gasteiger partial charge is 0.223 e. The zero-order chi connectivity index (χ0) is 22.2. The molecule has 0 saturated carbocycles. The van der Waals surface area contributed by atoms with E-state index in [0.29, 0.717) is 6.61 Å². The first-order chi connectivity index (χ1) is 15.5. The molecule has 2 aromatic heterocycles. The average Bonchev–Trinajstić information content (AvgIpc) is 3.43. The molecule has 5 rings (SSSR count). The van der Waals surface area contributed by atoms with Crippen molar-refractivity contribution in [1.29, 1.82) is 0 Å². The van der Waals surface area contributed by atoms with Crippen LogP contribution in [0.3, 0.4) is 0 Å². The van der Waals surface area contributed by atoms with E-state index in [-0.39, 0.29) is 17.9 Å². The quantitative estimate of drug-likeness (QED) is 0.591.